The van der Waals surface area contributed by atoms with Gasteiger partial charge in [0.05, 0.1) is 54.4 Å². The summed E-state index contributed by atoms with van der Waals surface area (Å²) in [6.45, 7) is 21.0. The maximum Gasteiger partial charge on any atom is 0.217 e. The maximum absolute atomic E-state index is 12.1. The molecule has 19 unspecified atom stereocenters. The standard InChI is InChI=1S/C47H80N2O15/c1-24(12-15-31(53)47(10)21-18-33(62-47)44(6,7)64-42-36(49-26(3)52)40(57)38(55)29(60-42)23-58-11)27-13-14-30-45(27,8)19-17-34-46(30,9)20-16-32(61-34)43(4,5)63-41-35(48-25(2)51)39(56)37(54)28(22-50)59-41/h27-42,50,53-57H,1,12-23H2,2-11H3,(H,48,51)(H,49,52). The van der Waals surface area contributed by atoms with E-state index in [1.165, 1.54) is 21.0 Å². The van der Waals surface area contributed by atoms with Gasteiger partial charge in [-0.2, -0.15) is 0 Å². The number of hydrogen-bond acceptors (Lipinski definition) is 15. The van der Waals surface area contributed by atoms with Gasteiger partial charge < -0.3 is 74.4 Å². The molecule has 2 amide bonds. The summed E-state index contributed by atoms with van der Waals surface area (Å²) >= 11 is 0. The number of carbonyl (C=O) groups is 2. The van der Waals surface area contributed by atoms with E-state index in [9.17, 15) is 40.2 Å². The van der Waals surface area contributed by atoms with Gasteiger partial charge in [-0.3, -0.25) is 9.59 Å². The van der Waals surface area contributed by atoms with Crippen LogP contribution in [0, 0.1) is 22.7 Å². The molecule has 2 aliphatic carbocycles. The number of carbonyl (C=O) groups excluding carboxylic acids is 2. The van der Waals surface area contributed by atoms with E-state index < -0.39 is 109 Å². The van der Waals surface area contributed by atoms with Gasteiger partial charge >= 0.3 is 0 Å². The first-order valence-electron chi connectivity index (χ1n) is 23.5. The molecule has 368 valence electrons. The molecule has 0 spiro atoms. The topological polar surface area (TPSA) is 244 Å². The van der Waals surface area contributed by atoms with Crippen molar-refractivity contribution in [1.82, 2.24) is 10.6 Å². The van der Waals surface area contributed by atoms with Crippen LogP contribution < -0.4 is 10.6 Å². The minimum absolute atomic E-state index is 0.00962. The van der Waals surface area contributed by atoms with E-state index in [0.717, 1.165) is 44.1 Å². The van der Waals surface area contributed by atoms with Crippen molar-refractivity contribution in [3.8, 4) is 0 Å². The number of hydrogen-bond donors (Lipinski definition) is 8. The summed E-state index contributed by atoms with van der Waals surface area (Å²) in [5.74, 6) is -0.136. The molecule has 0 aromatic rings. The quantitative estimate of drug-likeness (QED) is 0.104. The number of aliphatic hydroxyl groups excluding tert-OH is 6. The van der Waals surface area contributed by atoms with E-state index in [4.69, 9.17) is 33.2 Å². The second-order valence-corrected chi connectivity index (χ2v) is 21.6. The largest absolute Gasteiger partial charge is 0.394 e. The van der Waals surface area contributed by atoms with Crippen molar-refractivity contribution in [3.05, 3.63) is 12.2 Å². The van der Waals surface area contributed by atoms with Crippen LogP contribution in [0.2, 0.25) is 0 Å². The van der Waals surface area contributed by atoms with Crippen LogP contribution in [0.1, 0.15) is 127 Å². The molecule has 17 heteroatoms. The summed E-state index contributed by atoms with van der Waals surface area (Å²) in [6, 6.07) is -2.07. The molecule has 0 aromatic carbocycles. The minimum Gasteiger partial charge on any atom is -0.394 e. The first-order valence-corrected chi connectivity index (χ1v) is 23.5. The predicted octanol–water partition coefficient (Wildman–Crippen LogP) is 2.13. The molecule has 6 rings (SSSR count). The van der Waals surface area contributed by atoms with Gasteiger partial charge in [-0.15, -0.1) is 0 Å². The normalized spacial score (nSPS) is 44.4. The highest BCUT2D eigenvalue weighted by Crippen LogP contribution is 2.66. The van der Waals surface area contributed by atoms with Crippen molar-refractivity contribution in [3.63, 3.8) is 0 Å². The Morgan fingerprint density at radius 3 is 1.84 bits per heavy atom. The van der Waals surface area contributed by atoms with Gasteiger partial charge in [0.25, 0.3) is 0 Å². The molecular formula is C47H80N2O15. The van der Waals surface area contributed by atoms with Gasteiger partial charge in [-0.25, -0.2) is 0 Å². The summed E-state index contributed by atoms with van der Waals surface area (Å²) in [5.41, 5.74) is -1.63. The van der Waals surface area contributed by atoms with Crippen molar-refractivity contribution < 1.29 is 73.4 Å². The molecule has 19 atom stereocenters. The number of allylic oxidation sites excluding steroid dienone is 1. The van der Waals surface area contributed by atoms with Crippen molar-refractivity contribution in [1.29, 1.82) is 0 Å². The lowest BCUT2D eigenvalue weighted by atomic mass is 9.51. The van der Waals surface area contributed by atoms with Gasteiger partial charge in [0, 0.05) is 21.0 Å². The molecule has 0 aromatic heterocycles. The molecule has 4 heterocycles. The van der Waals surface area contributed by atoms with Crippen LogP contribution >= 0.6 is 0 Å². The molecule has 0 radical (unpaired) electrons. The van der Waals surface area contributed by atoms with E-state index in [1.54, 1.807) is 0 Å². The first kappa shape index (κ1) is 51.5. The minimum atomic E-state index is -1.40. The van der Waals surface area contributed by atoms with Crippen LogP contribution in [0.15, 0.2) is 12.2 Å². The molecule has 6 aliphatic rings. The summed E-state index contributed by atoms with van der Waals surface area (Å²) in [7, 11) is 1.47. The molecule has 4 aliphatic heterocycles. The average Bonchev–Trinajstić information content (AvgIpc) is 3.81. The van der Waals surface area contributed by atoms with E-state index in [-0.39, 0.29) is 35.6 Å². The SMILES string of the molecule is C=C(CCC(O)C1(C)CCC(C(C)(C)OC2OC(COC)C(O)C(O)C2NC(C)=O)O1)C1CCC2C3(C)CCC(C(C)(C)OC4OC(CO)C(O)C(O)C4NC(C)=O)OC3CCC12C. The van der Waals surface area contributed by atoms with Crippen molar-refractivity contribution in [2.45, 2.75) is 229 Å². The Hall–Kier alpha value is -1.84. The third-order valence-corrected chi connectivity index (χ3v) is 16.4. The van der Waals surface area contributed by atoms with E-state index in [1.807, 2.05) is 34.6 Å². The number of fused-ring (bicyclic) bond motifs is 3. The van der Waals surface area contributed by atoms with Crippen LogP contribution in [0.3, 0.4) is 0 Å². The lowest BCUT2D eigenvalue weighted by Gasteiger charge is -2.59. The summed E-state index contributed by atoms with van der Waals surface area (Å²) < 4.78 is 43.7. The summed E-state index contributed by atoms with van der Waals surface area (Å²) in [6.07, 6.45) is -3.30. The number of ether oxygens (including phenoxy) is 7. The first-order chi connectivity index (χ1) is 29.8. The fourth-order valence-corrected chi connectivity index (χ4v) is 12.6. The highest BCUT2D eigenvalue weighted by Gasteiger charge is 2.62. The zero-order chi connectivity index (χ0) is 47.3. The molecule has 64 heavy (non-hydrogen) atoms. The molecule has 8 N–H and O–H groups in total. The van der Waals surface area contributed by atoms with Gasteiger partial charge in [-0.05, 0) is 121 Å². The Balaban J connectivity index is 1.04. The van der Waals surface area contributed by atoms with E-state index in [2.05, 4.69) is 31.1 Å². The van der Waals surface area contributed by atoms with Crippen LogP contribution in [-0.4, -0.2) is 165 Å². The number of aliphatic hydroxyl groups is 6. The maximum atomic E-state index is 12.1. The molecule has 17 nitrogen and oxygen atoms in total. The highest BCUT2D eigenvalue weighted by atomic mass is 16.7. The second-order valence-electron chi connectivity index (χ2n) is 21.6. The summed E-state index contributed by atoms with van der Waals surface area (Å²) in [4.78, 5) is 24.1. The Labute approximate surface area is 379 Å². The molecule has 0 bridgehead atoms. The van der Waals surface area contributed by atoms with Gasteiger partial charge in [0.15, 0.2) is 12.6 Å². The zero-order valence-corrected chi connectivity index (χ0v) is 39.8. The molecule has 6 fully saturated rings. The second kappa shape index (κ2) is 19.6. The summed E-state index contributed by atoms with van der Waals surface area (Å²) in [5, 5.41) is 69.9. The van der Waals surface area contributed by atoms with Gasteiger partial charge in [0.1, 0.15) is 48.7 Å². The molecule has 4 saturated heterocycles. The zero-order valence-electron chi connectivity index (χ0n) is 39.8. The van der Waals surface area contributed by atoms with Gasteiger partial charge in [0.2, 0.25) is 11.8 Å². The van der Waals surface area contributed by atoms with Crippen molar-refractivity contribution >= 4 is 11.8 Å². The lowest BCUT2D eigenvalue weighted by molar-refractivity contribution is -0.319. The van der Waals surface area contributed by atoms with Crippen LogP contribution in [0.4, 0.5) is 0 Å². The fraction of sp³-hybridized carbons (Fsp3) is 0.915. The van der Waals surface area contributed by atoms with Crippen molar-refractivity contribution in [2.24, 2.45) is 22.7 Å². The molecule has 2 saturated carbocycles. The van der Waals surface area contributed by atoms with Crippen LogP contribution in [0.5, 0.6) is 0 Å². The smallest absolute Gasteiger partial charge is 0.217 e. The number of methoxy groups -OCH3 is 1. The van der Waals surface area contributed by atoms with Crippen molar-refractivity contribution in [2.75, 3.05) is 20.3 Å². The number of nitrogens with one attached hydrogen (secondary N) is 2. The third kappa shape index (κ3) is 10.1. The monoisotopic (exact) mass is 913 g/mol. The van der Waals surface area contributed by atoms with Crippen LogP contribution in [0.25, 0.3) is 0 Å². The predicted molar refractivity (Wildman–Crippen MR) is 232 cm³/mol. The van der Waals surface area contributed by atoms with E-state index in [0.29, 0.717) is 31.6 Å². The van der Waals surface area contributed by atoms with Crippen LogP contribution in [-0.2, 0) is 42.7 Å². The fourth-order valence-electron chi connectivity index (χ4n) is 12.6. The Morgan fingerprint density at radius 2 is 1.28 bits per heavy atom. The Morgan fingerprint density at radius 1 is 0.750 bits per heavy atom. The average molecular weight is 913 g/mol. The highest BCUT2D eigenvalue weighted by molar-refractivity contribution is 5.73. The van der Waals surface area contributed by atoms with E-state index >= 15 is 0 Å². The number of rotatable bonds is 16. The Kier molecular flexibility index (Phi) is 15.8. The molecular weight excluding hydrogens is 833 g/mol. The number of amides is 2. The third-order valence-electron chi connectivity index (χ3n) is 16.4. The Bertz CT molecular complexity index is 1650. The lowest BCUT2D eigenvalue weighted by Crippen LogP contribution is -2.66. The van der Waals surface area contributed by atoms with Gasteiger partial charge in [-0.1, -0.05) is 26.0 Å².